The molecule has 4 aromatic rings. The van der Waals surface area contributed by atoms with E-state index < -0.39 is 11.8 Å². The Hall–Kier alpha value is -4.89. The van der Waals surface area contributed by atoms with E-state index >= 15 is 0 Å². The molecule has 0 heterocycles. The van der Waals surface area contributed by atoms with Crippen LogP contribution in [0.4, 0.5) is 0 Å². The van der Waals surface area contributed by atoms with Gasteiger partial charge in [-0.15, -0.1) is 0 Å². The first-order chi connectivity index (χ1) is 19.1. The van der Waals surface area contributed by atoms with E-state index in [0.717, 1.165) is 11.3 Å². The molecule has 0 saturated heterocycles. The lowest BCUT2D eigenvalue weighted by atomic mass is 10.2. The second-order valence-electron chi connectivity index (χ2n) is 8.14. The van der Waals surface area contributed by atoms with E-state index in [4.69, 9.17) is 26.4 Å². The van der Waals surface area contributed by atoms with Crippen molar-refractivity contribution in [3.63, 3.8) is 0 Å². The van der Waals surface area contributed by atoms with E-state index in [1.807, 2.05) is 60.7 Å². The monoisotopic (exact) mass is 541 g/mol. The number of hydrogen-bond acceptors (Lipinski definition) is 6. The van der Waals surface area contributed by atoms with E-state index in [0.29, 0.717) is 30.3 Å². The summed E-state index contributed by atoms with van der Waals surface area (Å²) < 4.78 is 17.2. The minimum Gasteiger partial charge on any atom is -0.490 e. The number of hydrogen-bond donors (Lipinski definition) is 3. The molecule has 4 aromatic carbocycles. The molecule has 0 aromatic heterocycles. The molecule has 0 spiro atoms. The third kappa shape index (κ3) is 8.31. The molecule has 0 unspecified atom stereocenters. The third-order valence-corrected chi connectivity index (χ3v) is 5.57. The molecule has 0 aliphatic heterocycles. The van der Waals surface area contributed by atoms with E-state index in [9.17, 15) is 9.59 Å². The van der Waals surface area contributed by atoms with Crippen molar-refractivity contribution in [2.75, 3.05) is 13.2 Å². The van der Waals surface area contributed by atoms with Crippen LogP contribution < -0.4 is 30.4 Å². The molecule has 4 rings (SSSR count). The molecule has 0 aliphatic carbocycles. The van der Waals surface area contributed by atoms with Crippen LogP contribution in [0.5, 0.6) is 17.2 Å². The molecule has 0 fully saturated rings. The number of ether oxygens (including phenoxy) is 3. The first-order valence-corrected chi connectivity index (χ1v) is 12.6. The first-order valence-electron chi connectivity index (χ1n) is 12.2. The number of amides is 2. The second kappa shape index (κ2) is 14.2. The summed E-state index contributed by atoms with van der Waals surface area (Å²) in [5, 5.41) is 2.46. The summed E-state index contributed by atoms with van der Waals surface area (Å²) in [5.74, 6) is 0.558. The quantitative estimate of drug-likeness (QED) is 0.152. The van der Waals surface area contributed by atoms with Crippen molar-refractivity contribution in [1.29, 1.82) is 0 Å². The molecular formula is C30H27N3O5S. The highest BCUT2D eigenvalue weighted by atomic mass is 32.1. The maximum atomic E-state index is 12.8. The Balaban J connectivity index is 1.26. The summed E-state index contributed by atoms with van der Waals surface area (Å²) in [6.45, 7) is 0.860. The van der Waals surface area contributed by atoms with Crippen molar-refractivity contribution < 1.29 is 23.8 Å². The van der Waals surface area contributed by atoms with Crippen LogP contribution in [-0.4, -0.2) is 30.1 Å². The highest BCUT2D eigenvalue weighted by Gasteiger charge is 2.16. The van der Waals surface area contributed by atoms with E-state index in [1.165, 1.54) is 0 Å². The minimum atomic E-state index is -0.493. The van der Waals surface area contributed by atoms with Crippen molar-refractivity contribution in [2.45, 2.75) is 6.61 Å². The van der Waals surface area contributed by atoms with Gasteiger partial charge in [-0.1, -0.05) is 72.8 Å². The van der Waals surface area contributed by atoms with Gasteiger partial charge in [0.05, 0.1) is 11.1 Å². The van der Waals surface area contributed by atoms with Crippen molar-refractivity contribution in [3.05, 3.63) is 126 Å². The molecule has 0 aliphatic rings. The Kier molecular flexibility index (Phi) is 9.85. The van der Waals surface area contributed by atoms with Crippen LogP contribution in [-0.2, 0) is 6.61 Å². The SMILES string of the molecule is O=C(NNC(=S)NC(=O)c1ccccc1OCCOc1ccccc1)c1ccccc1OCc1ccccc1. The third-order valence-electron chi connectivity index (χ3n) is 5.37. The van der Waals surface area contributed by atoms with Gasteiger partial charge in [0, 0.05) is 0 Å². The molecule has 2 amide bonds. The molecule has 3 N–H and O–H groups in total. The second-order valence-corrected chi connectivity index (χ2v) is 8.55. The highest BCUT2D eigenvalue weighted by molar-refractivity contribution is 7.80. The average molecular weight is 542 g/mol. The lowest BCUT2D eigenvalue weighted by molar-refractivity contribution is 0.0929. The van der Waals surface area contributed by atoms with Gasteiger partial charge in [0.1, 0.15) is 37.1 Å². The van der Waals surface area contributed by atoms with Crippen LogP contribution >= 0.6 is 12.2 Å². The zero-order chi connectivity index (χ0) is 27.3. The number of rotatable bonds is 10. The Morgan fingerprint density at radius 1 is 0.590 bits per heavy atom. The van der Waals surface area contributed by atoms with Gasteiger partial charge >= 0.3 is 0 Å². The molecule has 39 heavy (non-hydrogen) atoms. The van der Waals surface area contributed by atoms with Crippen LogP contribution in [0.3, 0.4) is 0 Å². The van der Waals surface area contributed by atoms with Gasteiger partial charge in [0.2, 0.25) is 0 Å². The van der Waals surface area contributed by atoms with Gasteiger partial charge in [-0.3, -0.25) is 25.8 Å². The zero-order valence-electron chi connectivity index (χ0n) is 21.0. The molecular weight excluding hydrogens is 514 g/mol. The van der Waals surface area contributed by atoms with Crippen LogP contribution in [0.15, 0.2) is 109 Å². The molecule has 0 bridgehead atoms. The average Bonchev–Trinajstić information content (AvgIpc) is 2.98. The smallest absolute Gasteiger partial charge is 0.273 e. The first kappa shape index (κ1) is 27.2. The Morgan fingerprint density at radius 2 is 1.13 bits per heavy atom. The molecule has 8 nitrogen and oxygen atoms in total. The summed E-state index contributed by atoms with van der Waals surface area (Å²) in [6.07, 6.45) is 0. The van der Waals surface area contributed by atoms with Crippen molar-refractivity contribution in [3.8, 4) is 17.2 Å². The fraction of sp³-hybridized carbons (Fsp3) is 0.100. The van der Waals surface area contributed by atoms with Crippen LogP contribution in [0, 0.1) is 0 Å². The van der Waals surface area contributed by atoms with Crippen molar-refractivity contribution in [1.82, 2.24) is 16.2 Å². The van der Waals surface area contributed by atoms with Gasteiger partial charge in [0.25, 0.3) is 11.8 Å². The number of benzene rings is 4. The minimum absolute atomic E-state index is 0.0850. The standard InChI is InChI=1S/C30H27N3O5S/c34-28(24-15-7-9-17-26(24)37-20-19-36-23-13-5-2-6-14-23)31-30(39)33-32-29(35)25-16-8-10-18-27(25)38-21-22-11-3-1-4-12-22/h1-18H,19-21H2,(H,32,35)(H2,31,33,34,39). The number of nitrogens with one attached hydrogen (secondary N) is 3. The van der Waals surface area contributed by atoms with E-state index in [-0.39, 0.29) is 17.3 Å². The fourth-order valence-electron chi connectivity index (χ4n) is 3.51. The highest BCUT2D eigenvalue weighted by Crippen LogP contribution is 2.20. The van der Waals surface area contributed by atoms with Gasteiger partial charge in [-0.05, 0) is 54.2 Å². The van der Waals surface area contributed by atoms with Crippen LogP contribution in [0.1, 0.15) is 26.3 Å². The predicted molar refractivity (Wildman–Crippen MR) is 152 cm³/mol. The van der Waals surface area contributed by atoms with E-state index in [2.05, 4.69) is 16.2 Å². The summed E-state index contributed by atoms with van der Waals surface area (Å²) in [6, 6.07) is 32.6. The number of carbonyl (C=O) groups excluding carboxylic acids is 2. The Morgan fingerprint density at radius 3 is 1.82 bits per heavy atom. The predicted octanol–water partition coefficient (Wildman–Crippen LogP) is 4.67. The Bertz CT molecular complexity index is 1400. The fourth-order valence-corrected chi connectivity index (χ4v) is 3.65. The number of thiocarbonyl (C=S) groups is 1. The molecule has 198 valence electrons. The molecule has 0 atom stereocenters. The van der Waals surface area contributed by atoms with Gasteiger partial charge in [-0.2, -0.15) is 0 Å². The number of carbonyl (C=O) groups is 2. The number of hydrazine groups is 1. The Labute approximate surface area is 231 Å². The summed E-state index contributed by atoms with van der Waals surface area (Å²) in [7, 11) is 0. The molecule has 0 radical (unpaired) electrons. The number of para-hydroxylation sites is 3. The maximum Gasteiger partial charge on any atom is 0.273 e. The van der Waals surface area contributed by atoms with Crippen LogP contribution in [0.2, 0.25) is 0 Å². The molecule has 9 heteroatoms. The summed E-state index contributed by atoms with van der Waals surface area (Å²) in [4.78, 5) is 25.6. The lowest BCUT2D eigenvalue weighted by Crippen LogP contribution is -2.48. The van der Waals surface area contributed by atoms with Crippen molar-refractivity contribution >= 4 is 29.1 Å². The van der Waals surface area contributed by atoms with Gasteiger partial charge in [0.15, 0.2) is 5.11 Å². The lowest BCUT2D eigenvalue weighted by Gasteiger charge is -2.15. The van der Waals surface area contributed by atoms with Crippen molar-refractivity contribution in [2.24, 2.45) is 0 Å². The summed E-state index contributed by atoms with van der Waals surface area (Å²) in [5.41, 5.74) is 6.62. The van der Waals surface area contributed by atoms with Gasteiger partial charge in [-0.25, -0.2) is 0 Å². The van der Waals surface area contributed by atoms with Crippen LogP contribution in [0.25, 0.3) is 0 Å². The maximum absolute atomic E-state index is 12.8. The largest absolute Gasteiger partial charge is 0.490 e. The van der Waals surface area contributed by atoms with E-state index in [1.54, 1.807) is 48.5 Å². The van der Waals surface area contributed by atoms with Gasteiger partial charge < -0.3 is 14.2 Å². The topological polar surface area (TPSA) is 97.9 Å². The zero-order valence-corrected chi connectivity index (χ0v) is 21.8. The summed E-state index contributed by atoms with van der Waals surface area (Å²) >= 11 is 5.20. The molecule has 0 saturated carbocycles. The normalized spacial score (nSPS) is 10.2.